The number of methoxy groups -OCH3 is 1. The highest BCUT2D eigenvalue weighted by Gasteiger charge is 2.33. The molecule has 2 aromatic rings. The molecule has 1 aliphatic heterocycles. The first-order chi connectivity index (χ1) is 11.0. The topological polar surface area (TPSA) is 98.1 Å². The summed E-state index contributed by atoms with van der Waals surface area (Å²) in [5.41, 5.74) is 0.425. The number of nitrogens with one attached hydrogen (secondary N) is 2. The molecule has 1 atom stereocenters. The van der Waals surface area contributed by atoms with Crippen LogP contribution in [0.2, 0.25) is 5.02 Å². The molecule has 0 aliphatic carbocycles. The Balaban J connectivity index is 1.89. The summed E-state index contributed by atoms with van der Waals surface area (Å²) in [5.74, 6) is 0.518. The number of fused-ring (bicyclic) bond motifs is 1. The van der Waals surface area contributed by atoms with Crippen molar-refractivity contribution < 1.29 is 14.3 Å². The molecule has 1 aromatic carbocycles. The number of halogens is 1. The number of carbonyl (C=O) groups excluding carboxylic acids is 2. The summed E-state index contributed by atoms with van der Waals surface area (Å²) in [6.07, 6.45) is -0.0233. The number of aryl methyl sites for hydroxylation is 1. The third kappa shape index (κ3) is 2.98. The van der Waals surface area contributed by atoms with Crippen LogP contribution in [0.4, 0.5) is 11.6 Å². The fourth-order valence-corrected chi connectivity index (χ4v) is 2.54. The van der Waals surface area contributed by atoms with Crippen molar-refractivity contribution in [3.63, 3.8) is 0 Å². The van der Waals surface area contributed by atoms with Crippen molar-refractivity contribution in [1.82, 2.24) is 14.8 Å². The molecular weight excluding hydrogens is 322 g/mol. The van der Waals surface area contributed by atoms with E-state index >= 15 is 0 Å². The molecule has 0 unspecified atom stereocenters. The van der Waals surface area contributed by atoms with Crippen molar-refractivity contribution in [3.8, 4) is 5.75 Å². The Hall–Kier alpha value is -2.61. The summed E-state index contributed by atoms with van der Waals surface area (Å²) in [4.78, 5) is 28.4. The van der Waals surface area contributed by atoms with Gasteiger partial charge in [0.2, 0.25) is 17.8 Å². The normalized spacial score (nSPS) is 16.5. The van der Waals surface area contributed by atoms with E-state index in [0.717, 1.165) is 0 Å². The van der Waals surface area contributed by atoms with E-state index in [2.05, 4.69) is 20.7 Å². The average molecular weight is 336 g/mol. The molecule has 120 valence electrons. The van der Waals surface area contributed by atoms with Gasteiger partial charge in [-0.05, 0) is 25.1 Å². The maximum atomic E-state index is 12.6. The van der Waals surface area contributed by atoms with E-state index in [1.54, 1.807) is 25.1 Å². The number of nitrogens with zero attached hydrogens (tertiary/aromatic N) is 3. The van der Waals surface area contributed by atoms with Gasteiger partial charge in [0, 0.05) is 5.02 Å². The van der Waals surface area contributed by atoms with Gasteiger partial charge in [0.25, 0.3) is 0 Å². The Morgan fingerprint density at radius 1 is 1.52 bits per heavy atom. The lowest BCUT2D eigenvalue weighted by atomic mass is 10.1. The second-order valence-electron chi connectivity index (χ2n) is 5.03. The van der Waals surface area contributed by atoms with Crippen molar-refractivity contribution in [2.24, 2.45) is 0 Å². The summed E-state index contributed by atoms with van der Waals surface area (Å²) in [6, 6.07) is 4.09. The van der Waals surface area contributed by atoms with Gasteiger partial charge in [0.1, 0.15) is 17.6 Å². The van der Waals surface area contributed by atoms with Crippen LogP contribution >= 0.6 is 11.6 Å². The van der Waals surface area contributed by atoms with Gasteiger partial charge in [-0.3, -0.25) is 14.9 Å². The fourth-order valence-electron chi connectivity index (χ4n) is 2.37. The summed E-state index contributed by atoms with van der Waals surface area (Å²) in [6.45, 7) is 1.69. The number of aromatic nitrogens is 3. The molecule has 2 amide bonds. The molecule has 0 bridgehead atoms. The molecule has 0 saturated carbocycles. The van der Waals surface area contributed by atoms with E-state index < -0.39 is 11.9 Å². The first-order valence-electron chi connectivity index (χ1n) is 6.85. The molecular formula is C14H14ClN5O3. The quantitative estimate of drug-likeness (QED) is 0.890. The first kappa shape index (κ1) is 15.3. The highest BCUT2D eigenvalue weighted by Crippen LogP contribution is 2.30. The monoisotopic (exact) mass is 335 g/mol. The third-order valence-corrected chi connectivity index (χ3v) is 3.62. The van der Waals surface area contributed by atoms with Crippen LogP contribution in [-0.2, 0) is 9.59 Å². The van der Waals surface area contributed by atoms with Crippen molar-refractivity contribution >= 4 is 35.1 Å². The highest BCUT2D eigenvalue weighted by molar-refractivity contribution is 6.31. The summed E-state index contributed by atoms with van der Waals surface area (Å²) < 4.78 is 6.60. The van der Waals surface area contributed by atoms with Gasteiger partial charge in [-0.15, -0.1) is 0 Å². The lowest BCUT2D eigenvalue weighted by Gasteiger charge is -2.23. The van der Waals surface area contributed by atoms with Crippen LogP contribution in [0.5, 0.6) is 5.75 Å². The second kappa shape index (κ2) is 5.88. The van der Waals surface area contributed by atoms with Gasteiger partial charge in [-0.2, -0.15) is 10.1 Å². The minimum Gasteiger partial charge on any atom is -0.495 e. The zero-order valence-electron chi connectivity index (χ0n) is 12.5. The van der Waals surface area contributed by atoms with Crippen molar-refractivity contribution in [3.05, 3.63) is 29.0 Å². The predicted octanol–water partition coefficient (Wildman–Crippen LogP) is 1.77. The third-order valence-electron chi connectivity index (χ3n) is 3.38. The molecule has 0 fully saturated rings. The molecule has 2 heterocycles. The summed E-state index contributed by atoms with van der Waals surface area (Å²) in [7, 11) is 1.49. The lowest BCUT2D eigenvalue weighted by molar-refractivity contribution is -0.125. The SMILES string of the molecule is COc1ccc(Cl)cc1NC(=O)[C@@H]1CC(=O)Nc2nc(C)nn21. The van der Waals surface area contributed by atoms with Gasteiger partial charge in [-0.25, -0.2) is 4.68 Å². The molecule has 1 aliphatic rings. The van der Waals surface area contributed by atoms with Gasteiger partial charge in [-0.1, -0.05) is 11.6 Å². The minimum absolute atomic E-state index is 0.0233. The lowest BCUT2D eigenvalue weighted by Crippen LogP contribution is -2.36. The summed E-state index contributed by atoms with van der Waals surface area (Å²) in [5, 5.41) is 9.93. The van der Waals surface area contributed by atoms with Gasteiger partial charge >= 0.3 is 0 Å². The second-order valence-corrected chi connectivity index (χ2v) is 5.47. The number of amides is 2. The average Bonchev–Trinajstić information content (AvgIpc) is 2.86. The Kier molecular flexibility index (Phi) is 3.91. The van der Waals surface area contributed by atoms with E-state index in [1.807, 2.05) is 0 Å². The highest BCUT2D eigenvalue weighted by atomic mass is 35.5. The van der Waals surface area contributed by atoms with Crippen molar-refractivity contribution in [2.75, 3.05) is 17.7 Å². The molecule has 0 spiro atoms. The van der Waals surface area contributed by atoms with Gasteiger partial charge < -0.3 is 10.1 Å². The number of hydrogen-bond donors (Lipinski definition) is 2. The van der Waals surface area contributed by atoms with E-state index in [4.69, 9.17) is 16.3 Å². The maximum absolute atomic E-state index is 12.6. The van der Waals surface area contributed by atoms with Crippen LogP contribution in [0.15, 0.2) is 18.2 Å². The van der Waals surface area contributed by atoms with Gasteiger partial charge in [0.05, 0.1) is 19.2 Å². The Labute approximate surface area is 136 Å². The molecule has 3 rings (SSSR count). The number of hydrogen-bond acceptors (Lipinski definition) is 5. The first-order valence-corrected chi connectivity index (χ1v) is 7.23. The Morgan fingerprint density at radius 2 is 2.30 bits per heavy atom. The van der Waals surface area contributed by atoms with E-state index in [-0.39, 0.29) is 18.3 Å². The van der Waals surface area contributed by atoms with Crippen LogP contribution in [0.25, 0.3) is 0 Å². The molecule has 8 nitrogen and oxygen atoms in total. The Morgan fingerprint density at radius 3 is 3.04 bits per heavy atom. The van der Waals surface area contributed by atoms with Crippen LogP contribution < -0.4 is 15.4 Å². The zero-order valence-corrected chi connectivity index (χ0v) is 13.2. The standard InChI is InChI=1S/C14H14ClN5O3/c1-7-16-14-18-12(21)6-10(20(14)19-7)13(22)17-9-5-8(15)3-4-11(9)23-2/h3-5,10H,6H2,1-2H3,(H,17,22)(H,16,18,19,21)/t10-/m0/s1. The van der Waals surface area contributed by atoms with Gasteiger partial charge in [0.15, 0.2) is 0 Å². The number of anilines is 2. The smallest absolute Gasteiger partial charge is 0.250 e. The van der Waals surface area contributed by atoms with E-state index in [1.165, 1.54) is 11.8 Å². The number of ether oxygens (including phenoxy) is 1. The molecule has 2 N–H and O–H groups in total. The molecule has 9 heteroatoms. The number of rotatable bonds is 3. The molecule has 0 saturated heterocycles. The fraction of sp³-hybridized carbons (Fsp3) is 0.286. The van der Waals surface area contributed by atoms with Crippen LogP contribution in [0.1, 0.15) is 18.3 Å². The largest absolute Gasteiger partial charge is 0.495 e. The Bertz CT molecular complexity index is 789. The number of carbonyl (C=O) groups is 2. The van der Waals surface area contributed by atoms with Crippen molar-refractivity contribution in [1.29, 1.82) is 0 Å². The van der Waals surface area contributed by atoms with Crippen LogP contribution in [0, 0.1) is 6.92 Å². The molecule has 1 aromatic heterocycles. The van der Waals surface area contributed by atoms with Crippen molar-refractivity contribution in [2.45, 2.75) is 19.4 Å². The predicted molar refractivity (Wildman–Crippen MR) is 83.7 cm³/mol. The maximum Gasteiger partial charge on any atom is 0.250 e. The zero-order chi connectivity index (χ0) is 16.6. The molecule has 23 heavy (non-hydrogen) atoms. The number of benzene rings is 1. The summed E-state index contributed by atoms with van der Waals surface area (Å²) >= 11 is 5.95. The molecule has 0 radical (unpaired) electrons. The van der Waals surface area contributed by atoms with Crippen LogP contribution in [-0.4, -0.2) is 33.7 Å². The van der Waals surface area contributed by atoms with Crippen LogP contribution in [0.3, 0.4) is 0 Å². The minimum atomic E-state index is -0.788. The van der Waals surface area contributed by atoms with E-state index in [0.29, 0.717) is 22.3 Å². The van der Waals surface area contributed by atoms with E-state index in [9.17, 15) is 9.59 Å².